The second-order valence-electron chi connectivity index (χ2n) is 6.71. The highest BCUT2D eigenvalue weighted by molar-refractivity contribution is 5.18. The number of benzene rings is 1. The first-order chi connectivity index (χ1) is 10.2. The molecule has 1 aliphatic carbocycles. The zero-order valence-electron chi connectivity index (χ0n) is 14.1. The van der Waals surface area contributed by atoms with Crippen molar-refractivity contribution in [2.75, 3.05) is 20.6 Å². The average molecular weight is 288 g/mol. The summed E-state index contributed by atoms with van der Waals surface area (Å²) >= 11 is 0. The van der Waals surface area contributed by atoms with Gasteiger partial charge in [-0.05, 0) is 45.5 Å². The fourth-order valence-corrected chi connectivity index (χ4v) is 4.00. The SMILES string of the molecule is CCNC(Cc1ccccc1)C1(N(C)C)CCCCCC1. The first-order valence-corrected chi connectivity index (χ1v) is 8.64. The topological polar surface area (TPSA) is 15.3 Å². The Hall–Kier alpha value is -0.860. The Kier molecular flexibility index (Phi) is 6.25. The smallest absolute Gasteiger partial charge is 0.0359 e. The Labute approximate surface area is 130 Å². The van der Waals surface area contributed by atoms with Crippen molar-refractivity contribution in [3.63, 3.8) is 0 Å². The fraction of sp³-hybridized carbons (Fsp3) is 0.684. The number of rotatable bonds is 6. The van der Waals surface area contributed by atoms with Gasteiger partial charge in [0.15, 0.2) is 0 Å². The van der Waals surface area contributed by atoms with Crippen LogP contribution in [0, 0.1) is 0 Å². The van der Waals surface area contributed by atoms with E-state index in [0.717, 1.165) is 13.0 Å². The van der Waals surface area contributed by atoms with E-state index in [1.807, 2.05) is 0 Å². The molecule has 1 fully saturated rings. The third-order valence-electron chi connectivity index (χ3n) is 5.24. The van der Waals surface area contributed by atoms with Gasteiger partial charge in [0.05, 0.1) is 0 Å². The van der Waals surface area contributed by atoms with Crippen LogP contribution in [0.3, 0.4) is 0 Å². The van der Waals surface area contributed by atoms with Gasteiger partial charge >= 0.3 is 0 Å². The lowest BCUT2D eigenvalue weighted by Gasteiger charge is -2.46. The summed E-state index contributed by atoms with van der Waals surface area (Å²) in [5, 5.41) is 3.81. The molecule has 0 bridgehead atoms. The van der Waals surface area contributed by atoms with Crippen LogP contribution in [0.25, 0.3) is 0 Å². The molecule has 1 aromatic carbocycles. The molecular formula is C19H32N2. The Morgan fingerprint density at radius 1 is 1.05 bits per heavy atom. The molecule has 1 saturated carbocycles. The summed E-state index contributed by atoms with van der Waals surface area (Å²) in [5.74, 6) is 0. The second-order valence-corrected chi connectivity index (χ2v) is 6.71. The highest BCUT2D eigenvalue weighted by atomic mass is 15.2. The molecular weight excluding hydrogens is 256 g/mol. The predicted octanol–water partition coefficient (Wildman–Crippen LogP) is 3.86. The predicted molar refractivity (Wildman–Crippen MR) is 91.7 cm³/mol. The van der Waals surface area contributed by atoms with Crippen molar-refractivity contribution < 1.29 is 0 Å². The number of hydrogen-bond donors (Lipinski definition) is 1. The van der Waals surface area contributed by atoms with Crippen LogP contribution in [0.5, 0.6) is 0 Å². The summed E-state index contributed by atoms with van der Waals surface area (Å²) in [6, 6.07) is 11.5. The normalized spacial score (nSPS) is 20.2. The summed E-state index contributed by atoms with van der Waals surface area (Å²) < 4.78 is 0. The molecule has 1 aromatic rings. The van der Waals surface area contributed by atoms with Crippen molar-refractivity contribution in [1.29, 1.82) is 0 Å². The molecule has 1 atom stereocenters. The van der Waals surface area contributed by atoms with Gasteiger partial charge < -0.3 is 10.2 Å². The molecule has 1 aliphatic rings. The molecule has 0 heterocycles. The summed E-state index contributed by atoms with van der Waals surface area (Å²) in [4.78, 5) is 2.51. The molecule has 118 valence electrons. The van der Waals surface area contributed by atoms with Crippen molar-refractivity contribution in [2.24, 2.45) is 0 Å². The highest BCUT2D eigenvalue weighted by Crippen LogP contribution is 2.35. The van der Waals surface area contributed by atoms with Gasteiger partial charge in [0.25, 0.3) is 0 Å². The largest absolute Gasteiger partial charge is 0.312 e. The second kappa shape index (κ2) is 7.95. The Bertz CT molecular complexity index is 391. The van der Waals surface area contributed by atoms with E-state index in [9.17, 15) is 0 Å². The van der Waals surface area contributed by atoms with E-state index >= 15 is 0 Å². The third-order valence-corrected chi connectivity index (χ3v) is 5.24. The lowest BCUT2D eigenvalue weighted by molar-refractivity contribution is 0.0808. The third kappa shape index (κ3) is 4.08. The van der Waals surface area contributed by atoms with Crippen LogP contribution >= 0.6 is 0 Å². The van der Waals surface area contributed by atoms with E-state index in [4.69, 9.17) is 0 Å². The number of hydrogen-bond acceptors (Lipinski definition) is 2. The van der Waals surface area contributed by atoms with Gasteiger partial charge in [-0.3, -0.25) is 0 Å². The molecule has 2 heteroatoms. The van der Waals surface area contributed by atoms with Gasteiger partial charge in [0.1, 0.15) is 0 Å². The fourth-order valence-electron chi connectivity index (χ4n) is 4.00. The van der Waals surface area contributed by atoms with Crippen LogP contribution in [0.15, 0.2) is 30.3 Å². The van der Waals surface area contributed by atoms with Gasteiger partial charge in [-0.1, -0.05) is 62.9 Å². The number of nitrogens with zero attached hydrogens (tertiary/aromatic N) is 1. The monoisotopic (exact) mass is 288 g/mol. The minimum absolute atomic E-state index is 0.308. The maximum atomic E-state index is 3.81. The summed E-state index contributed by atoms with van der Waals surface area (Å²) in [5.41, 5.74) is 1.76. The Morgan fingerprint density at radius 3 is 2.19 bits per heavy atom. The molecule has 0 spiro atoms. The molecule has 0 saturated heterocycles. The molecule has 0 aromatic heterocycles. The first-order valence-electron chi connectivity index (χ1n) is 8.64. The molecule has 2 nitrogen and oxygen atoms in total. The average Bonchev–Trinajstić information content (AvgIpc) is 2.74. The van der Waals surface area contributed by atoms with Crippen LogP contribution < -0.4 is 5.32 Å². The van der Waals surface area contributed by atoms with Crippen molar-refractivity contribution in [1.82, 2.24) is 10.2 Å². The molecule has 1 N–H and O–H groups in total. The zero-order chi connectivity index (χ0) is 15.1. The van der Waals surface area contributed by atoms with Crippen molar-refractivity contribution in [3.05, 3.63) is 35.9 Å². The van der Waals surface area contributed by atoms with Crippen LogP contribution in [0.4, 0.5) is 0 Å². The Balaban J connectivity index is 2.23. The van der Waals surface area contributed by atoms with Crippen LogP contribution in [0.1, 0.15) is 51.0 Å². The quantitative estimate of drug-likeness (QED) is 0.800. The van der Waals surface area contributed by atoms with E-state index < -0.39 is 0 Å². The highest BCUT2D eigenvalue weighted by Gasteiger charge is 2.40. The summed E-state index contributed by atoms with van der Waals surface area (Å²) in [6.07, 6.45) is 9.32. The van der Waals surface area contributed by atoms with Crippen molar-refractivity contribution in [2.45, 2.75) is 63.5 Å². The van der Waals surface area contributed by atoms with Gasteiger partial charge in [-0.15, -0.1) is 0 Å². The van der Waals surface area contributed by atoms with Gasteiger partial charge in [0.2, 0.25) is 0 Å². The molecule has 1 unspecified atom stereocenters. The minimum Gasteiger partial charge on any atom is -0.312 e. The molecule has 0 aliphatic heterocycles. The van der Waals surface area contributed by atoms with Crippen LogP contribution in [-0.4, -0.2) is 37.1 Å². The molecule has 21 heavy (non-hydrogen) atoms. The van der Waals surface area contributed by atoms with Crippen molar-refractivity contribution in [3.8, 4) is 0 Å². The van der Waals surface area contributed by atoms with E-state index in [1.54, 1.807) is 0 Å². The molecule has 0 radical (unpaired) electrons. The summed E-state index contributed by atoms with van der Waals surface area (Å²) in [6.45, 7) is 3.28. The Morgan fingerprint density at radius 2 is 1.67 bits per heavy atom. The number of likely N-dealkylation sites (N-methyl/N-ethyl adjacent to an activating group) is 2. The standard InChI is InChI=1S/C19H32N2/c1-4-20-18(16-17-12-8-7-9-13-17)19(21(2)3)14-10-5-6-11-15-19/h7-9,12-13,18,20H,4-6,10-11,14-16H2,1-3H3. The maximum absolute atomic E-state index is 3.81. The molecule has 0 amide bonds. The van der Waals surface area contributed by atoms with Gasteiger partial charge in [-0.2, -0.15) is 0 Å². The minimum atomic E-state index is 0.308. The molecule has 2 rings (SSSR count). The van der Waals surface area contributed by atoms with E-state index in [0.29, 0.717) is 11.6 Å². The van der Waals surface area contributed by atoms with E-state index in [2.05, 4.69) is 61.6 Å². The van der Waals surface area contributed by atoms with E-state index in [1.165, 1.54) is 44.1 Å². The number of nitrogens with one attached hydrogen (secondary N) is 1. The lowest BCUT2D eigenvalue weighted by Crippen LogP contribution is -2.59. The zero-order valence-corrected chi connectivity index (χ0v) is 14.1. The van der Waals surface area contributed by atoms with Gasteiger partial charge in [0, 0.05) is 11.6 Å². The van der Waals surface area contributed by atoms with E-state index in [-0.39, 0.29) is 0 Å². The maximum Gasteiger partial charge on any atom is 0.0359 e. The van der Waals surface area contributed by atoms with Crippen molar-refractivity contribution >= 4 is 0 Å². The lowest BCUT2D eigenvalue weighted by atomic mass is 9.78. The van der Waals surface area contributed by atoms with Crippen LogP contribution in [0.2, 0.25) is 0 Å². The summed E-state index contributed by atoms with van der Waals surface area (Å²) in [7, 11) is 4.56. The van der Waals surface area contributed by atoms with Crippen LogP contribution in [-0.2, 0) is 6.42 Å². The van der Waals surface area contributed by atoms with Gasteiger partial charge in [-0.25, -0.2) is 0 Å². The first kappa shape index (κ1) is 16.5.